The molecule has 2 aromatic rings. The van der Waals surface area contributed by atoms with Crippen molar-refractivity contribution in [2.45, 2.75) is 38.3 Å². The first-order chi connectivity index (χ1) is 17.8. The SMILES string of the molecule is CCC[C@]1(C(=O)OCC)N[C@H](c2ccc(N(C)C)cc2)[C@@H]2C(=O)N(c3ccc4c(c3)OCCO4)C(=O)[C@H]21. The summed E-state index contributed by atoms with van der Waals surface area (Å²) < 4.78 is 16.8. The third-order valence-corrected chi connectivity index (χ3v) is 7.49. The fourth-order valence-corrected chi connectivity index (χ4v) is 5.87. The van der Waals surface area contributed by atoms with Crippen LogP contribution in [0.25, 0.3) is 0 Å². The summed E-state index contributed by atoms with van der Waals surface area (Å²) in [5.74, 6) is -1.85. The molecule has 2 aromatic carbocycles. The number of carbonyl (C=O) groups excluding carboxylic acids is 3. The number of nitrogens with zero attached hydrogens (tertiary/aromatic N) is 2. The third-order valence-electron chi connectivity index (χ3n) is 7.49. The molecule has 0 radical (unpaired) electrons. The van der Waals surface area contributed by atoms with Gasteiger partial charge in [-0.05, 0) is 43.2 Å². The van der Waals surface area contributed by atoms with E-state index in [-0.39, 0.29) is 12.5 Å². The highest BCUT2D eigenvalue weighted by atomic mass is 16.6. The van der Waals surface area contributed by atoms with E-state index in [9.17, 15) is 14.4 Å². The normalized spacial score (nSPS) is 26.3. The molecule has 0 spiro atoms. The lowest BCUT2D eigenvalue weighted by molar-refractivity contribution is -0.155. The maximum Gasteiger partial charge on any atom is 0.327 e. The number of anilines is 2. The first kappa shape index (κ1) is 25.1. The molecule has 0 unspecified atom stereocenters. The van der Waals surface area contributed by atoms with Gasteiger partial charge in [-0.25, -0.2) is 4.90 Å². The lowest BCUT2D eigenvalue weighted by atomic mass is 9.77. The Morgan fingerprint density at radius 3 is 2.41 bits per heavy atom. The molecule has 3 aliphatic heterocycles. The monoisotopic (exact) mass is 507 g/mol. The topological polar surface area (TPSA) is 97.4 Å². The van der Waals surface area contributed by atoms with Crippen LogP contribution in [-0.4, -0.2) is 57.2 Å². The van der Waals surface area contributed by atoms with Gasteiger partial charge in [-0.2, -0.15) is 0 Å². The summed E-state index contributed by atoms with van der Waals surface area (Å²) in [4.78, 5) is 44.8. The maximum atomic E-state index is 14.1. The number of nitrogens with one attached hydrogen (secondary N) is 1. The maximum absolute atomic E-state index is 14.1. The van der Waals surface area contributed by atoms with Crippen molar-refractivity contribution in [3.63, 3.8) is 0 Å². The van der Waals surface area contributed by atoms with Crippen LogP contribution in [0.5, 0.6) is 11.5 Å². The standard InChI is InChI=1S/C28H33N3O6/c1-5-13-28(27(34)35-6-2)23-22(24(29-28)17-7-9-18(10-8-17)30(3)4)25(32)31(26(23)33)19-11-12-20-21(16-19)37-15-14-36-20/h7-12,16,22-24,29H,5-6,13-15H2,1-4H3/t22-,23+,24-,28+/m1/s1. The minimum Gasteiger partial charge on any atom is -0.486 e. The minimum atomic E-state index is -1.31. The lowest BCUT2D eigenvalue weighted by Gasteiger charge is -2.32. The van der Waals surface area contributed by atoms with Crippen molar-refractivity contribution < 1.29 is 28.6 Å². The van der Waals surface area contributed by atoms with E-state index in [2.05, 4.69) is 5.32 Å². The van der Waals surface area contributed by atoms with E-state index in [0.29, 0.717) is 43.2 Å². The number of fused-ring (bicyclic) bond motifs is 2. The lowest BCUT2D eigenvalue weighted by Crippen LogP contribution is -2.56. The second-order valence-corrected chi connectivity index (χ2v) is 9.89. The fourth-order valence-electron chi connectivity index (χ4n) is 5.87. The first-order valence-corrected chi connectivity index (χ1v) is 12.8. The largest absolute Gasteiger partial charge is 0.486 e. The number of esters is 1. The molecule has 37 heavy (non-hydrogen) atoms. The van der Waals surface area contributed by atoms with Gasteiger partial charge in [-0.15, -0.1) is 0 Å². The minimum absolute atomic E-state index is 0.180. The van der Waals surface area contributed by atoms with Crippen LogP contribution in [0.4, 0.5) is 11.4 Å². The number of ether oxygens (including phenoxy) is 3. The van der Waals surface area contributed by atoms with Gasteiger partial charge in [-0.1, -0.05) is 25.5 Å². The van der Waals surface area contributed by atoms with Crippen LogP contribution in [0, 0.1) is 11.8 Å². The Morgan fingerprint density at radius 1 is 1.05 bits per heavy atom. The van der Waals surface area contributed by atoms with Crippen LogP contribution in [0.15, 0.2) is 42.5 Å². The number of amides is 2. The number of hydrogen-bond acceptors (Lipinski definition) is 8. The van der Waals surface area contributed by atoms with E-state index in [0.717, 1.165) is 11.3 Å². The van der Waals surface area contributed by atoms with Crippen molar-refractivity contribution in [1.82, 2.24) is 5.32 Å². The summed E-state index contributed by atoms with van der Waals surface area (Å²) in [7, 11) is 3.91. The Morgan fingerprint density at radius 2 is 1.76 bits per heavy atom. The van der Waals surface area contributed by atoms with Crippen LogP contribution in [0.1, 0.15) is 38.3 Å². The zero-order chi connectivity index (χ0) is 26.3. The van der Waals surface area contributed by atoms with E-state index in [1.165, 1.54) is 4.90 Å². The summed E-state index contributed by atoms with van der Waals surface area (Å²) in [5.41, 5.74) is 0.947. The molecule has 2 saturated heterocycles. The average Bonchev–Trinajstić information content (AvgIpc) is 3.38. The number of imide groups is 1. The van der Waals surface area contributed by atoms with Gasteiger partial charge in [0.15, 0.2) is 11.5 Å². The molecule has 0 saturated carbocycles. The van der Waals surface area contributed by atoms with Gasteiger partial charge in [0, 0.05) is 31.9 Å². The summed E-state index contributed by atoms with van der Waals surface area (Å²) in [6.45, 7) is 4.71. The van der Waals surface area contributed by atoms with Gasteiger partial charge in [-0.3, -0.25) is 19.7 Å². The Balaban J connectivity index is 1.60. The van der Waals surface area contributed by atoms with Crippen LogP contribution in [-0.2, 0) is 19.1 Å². The number of hydrogen-bond donors (Lipinski definition) is 1. The molecular formula is C28H33N3O6. The van der Waals surface area contributed by atoms with E-state index in [1.54, 1.807) is 25.1 Å². The van der Waals surface area contributed by atoms with Crippen molar-refractivity contribution >= 4 is 29.2 Å². The zero-order valence-electron chi connectivity index (χ0n) is 21.7. The number of benzene rings is 2. The summed E-state index contributed by atoms with van der Waals surface area (Å²) in [6.07, 6.45) is 1.00. The highest BCUT2D eigenvalue weighted by molar-refractivity contribution is 6.24. The van der Waals surface area contributed by atoms with Gasteiger partial charge in [0.1, 0.15) is 18.8 Å². The Hall–Kier alpha value is -3.59. The predicted molar refractivity (Wildman–Crippen MR) is 138 cm³/mol. The van der Waals surface area contributed by atoms with E-state index < -0.39 is 35.3 Å². The smallest absolute Gasteiger partial charge is 0.327 e. The molecule has 5 rings (SSSR count). The molecule has 4 atom stereocenters. The zero-order valence-corrected chi connectivity index (χ0v) is 21.7. The summed E-state index contributed by atoms with van der Waals surface area (Å²) >= 11 is 0. The van der Waals surface area contributed by atoms with E-state index >= 15 is 0 Å². The fraction of sp³-hybridized carbons (Fsp3) is 0.464. The Bertz CT molecular complexity index is 1210. The van der Waals surface area contributed by atoms with Crippen LogP contribution in [0.2, 0.25) is 0 Å². The molecule has 0 aromatic heterocycles. The Kier molecular flexibility index (Phi) is 6.58. The molecule has 9 heteroatoms. The van der Waals surface area contributed by atoms with Crippen LogP contribution in [0.3, 0.4) is 0 Å². The molecule has 9 nitrogen and oxygen atoms in total. The second-order valence-electron chi connectivity index (χ2n) is 9.89. The molecule has 2 fully saturated rings. The van der Waals surface area contributed by atoms with Gasteiger partial charge < -0.3 is 19.1 Å². The average molecular weight is 508 g/mol. The van der Waals surface area contributed by atoms with Crippen molar-refractivity contribution in [1.29, 1.82) is 0 Å². The van der Waals surface area contributed by atoms with E-state index in [4.69, 9.17) is 14.2 Å². The molecule has 0 aliphatic carbocycles. The van der Waals surface area contributed by atoms with Gasteiger partial charge >= 0.3 is 5.97 Å². The van der Waals surface area contributed by atoms with Crippen molar-refractivity contribution in [2.75, 3.05) is 43.7 Å². The molecule has 1 N–H and O–H groups in total. The van der Waals surface area contributed by atoms with Crippen LogP contribution >= 0.6 is 0 Å². The van der Waals surface area contributed by atoms with Crippen molar-refractivity contribution in [2.24, 2.45) is 11.8 Å². The molecular weight excluding hydrogens is 474 g/mol. The molecule has 196 valence electrons. The summed E-state index contributed by atoms with van der Waals surface area (Å²) in [6, 6.07) is 12.3. The van der Waals surface area contributed by atoms with Gasteiger partial charge in [0.2, 0.25) is 11.8 Å². The van der Waals surface area contributed by atoms with Crippen molar-refractivity contribution in [3.8, 4) is 11.5 Å². The van der Waals surface area contributed by atoms with Gasteiger partial charge in [0.05, 0.1) is 24.1 Å². The predicted octanol–water partition coefficient (Wildman–Crippen LogP) is 3.08. The first-order valence-electron chi connectivity index (χ1n) is 12.8. The number of carbonyl (C=O) groups is 3. The molecule has 3 aliphatic rings. The Labute approximate surface area is 216 Å². The molecule has 0 bridgehead atoms. The van der Waals surface area contributed by atoms with E-state index in [1.807, 2.05) is 50.2 Å². The highest BCUT2D eigenvalue weighted by Crippen LogP contribution is 2.52. The quantitative estimate of drug-likeness (QED) is 0.451. The summed E-state index contributed by atoms with van der Waals surface area (Å²) in [5, 5.41) is 3.44. The van der Waals surface area contributed by atoms with Gasteiger partial charge in [0.25, 0.3) is 0 Å². The molecule has 3 heterocycles. The van der Waals surface area contributed by atoms with Crippen molar-refractivity contribution in [3.05, 3.63) is 48.0 Å². The molecule has 2 amide bonds. The number of rotatable bonds is 7. The van der Waals surface area contributed by atoms with Crippen LogP contribution < -0.4 is 24.6 Å². The second kappa shape index (κ2) is 9.70. The third kappa shape index (κ3) is 4.01. The highest BCUT2D eigenvalue weighted by Gasteiger charge is 2.68.